The molecule has 6 aromatic rings. The minimum atomic E-state index is -0.838. The highest BCUT2D eigenvalue weighted by molar-refractivity contribution is 6.89. The second kappa shape index (κ2) is 15.6. The van der Waals surface area contributed by atoms with E-state index >= 15 is 0 Å². The van der Waals surface area contributed by atoms with E-state index in [1.165, 1.54) is 27.2 Å². The summed E-state index contributed by atoms with van der Waals surface area (Å²) in [5.41, 5.74) is 5.17. The quantitative estimate of drug-likeness (QED) is 0.175. The molecule has 0 aliphatic heterocycles. The van der Waals surface area contributed by atoms with Crippen molar-refractivity contribution in [2.24, 2.45) is 0 Å². The lowest BCUT2D eigenvalue weighted by atomic mass is 9.41. The van der Waals surface area contributed by atoms with E-state index in [1.807, 2.05) is 30.6 Å². The highest BCUT2D eigenvalue weighted by Crippen LogP contribution is 2.33. The van der Waals surface area contributed by atoms with Gasteiger partial charge in [0.1, 0.15) is 5.75 Å². The third kappa shape index (κ3) is 7.36. The predicted molar refractivity (Wildman–Crippen MR) is 190 cm³/mol. The first-order valence-electron chi connectivity index (χ1n) is 15.3. The van der Waals surface area contributed by atoms with Crippen molar-refractivity contribution < 1.29 is 4.74 Å². The van der Waals surface area contributed by atoms with Crippen molar-refractivity contribution in [3.8, 4) is 5.75 Å². The van der Waals surface area contributed by atoms with E-state index in [2.05, 4.69) is 163 Å². The van der Waals surface area contributed by atoms with Crippen molar-refractivity contribution in [2.45, 2.75) is 18.5 Å². The molecule has 0 radical (unpaired) electrons. The number of aromatic nitrogens is 2. The fourth-order valence-electron chi connectivity index (χ4n) is 5.68. The van der Waals surface area contributed by atoms with E-state index < -0.39 is 9.52 Å². The Labute approximate surface area is 264 Å². The maximum absolute atomic E-state index is 5.78. The van der Waals surface area contributed by atoms with Gasteiger partial charge in [-0.15, -0.1) is 12.6 Å². The summed E-state index contributed by atoms with van der Waals surface area (Å²) in [6.07, 6.45) is 6.93. The van der Waals surface area contributed by atoms with Crippen LogP contribution in [0.15, 0.2) is 177 Å². The number of ether oxygens (including phenoxy) is 1. The Morgan fingerprint density at radius 1 is 0.727 bits per heavy atom. The lowest BCUT2D eigenvalue weighted by Crippen LogP contribution is -2.46. The molecule has 218 valence electrons. The number of rotatable bonds is 11. The number of benzene rings is 5. The molecule has 1 aromatic heterocycles. The molecule has 0 N–H and O–H groups in total. The van der Waals surface area contributed by atoms with Gasteiger partial charge in [-0.2, -0.15) is 0 Å². The van der Waals surface area contributed by atoms with Crippen LogP contribution < -0.4 is 20.8 Å². The topological polar surface area (TPSA) is 27.1 Å². The largest absolute Gasteiger partial charge is 0.494 e. The Kier molecular flexibility index (Phi) is 10.8. The summed E-state index contributed by atoms with van der Waals surface area (Å²) in [4.78, 5) is 4.39. The highest BCUT2D eigenvalue weighted by atomic mass is 28.2. The van der Waals surface area contributed by atoms with Crippen molar-refractivity contribution >= 4 is 32.3 Å². The van der Waals surface area contributed by atoms with Gasteiger partial charge in [0.25, 0.3) is 0 Å². The van der Waals surface area contributed by atoms with Crippen LogP contribution in [0.3, 0.4) is 0 Å². The van der Waals surface area contributed by atoms with Crippen molar-refractivity contribution in [2.75, 3.05) is 6.61 Å². The summed E-state index contributed by atoms with van der Waals surface area (Å²) in [5.74, 6) is 2.93. The first kappa shape index (κ1) is 30.6. The third-order valence-electron chi connectivity index (χ3n) is 7.86. The standard InChI is InChI=1S/C25H26N2OSi.C14H13B/c1-2-19-28-23-13-15-24(16-14-23)29-25(27-18-17-26-20-27,21-9-5-3-6-10-21)22-11-7-4-8-12-22;1-2-15(13-9-5-3-6-10-13)14-11-7-4-8-12-14/h3-18,20H,2,19,29H2,1H3;2-12H,1H2. The van der Waals surface area contributed by atoms with Gasteiger partial charge < -0.3 is 9.30 Å². The zero-order valence-corrected chi connectivity index (χ0v) is 26.8. The van der Waals surface area contributed by atoms with E-state index in [1.54, 1.807) is 0 Å². The molecule has 0 fully saturated rings. The molecule has 0 spiro atoms. The molecule has 0 aliphatic rings. The van der Waals surface area contributed by atoms with Gasteiger partial charge >= 0.3 is 0 Å². The maximum Gasteiger partial charge on any atom is 0.233 e. The number of imidazole rings is 1. The second-order valence-corrected chi connectivity index (χ2v) is 13.0. The lowest BCUT2D eigenvalue weighted by Gasteiger charge is -2.37. The van der Waals surface area contributed by atoms with Crippen LogP contribution in [0.25, 0.3) is 0 Å². The number of nitrogens with zero attached hydrogens (tertiary/aromatic N) is 2. The molecule has 44 heavy (non-hydrogen) atoms. The minimum absolute atomic E-state index is 0.245. The molecular weight excluding hydrogens is 551 g/mol. The van der Waals surface area contributed by atoms with Gasteiger partial charge in [-0.25, -0.2) is 4.98 Å². The van der Waals surface area contributed by atoms with Gasteiger partial charge in [0.2, 0.25) is 6.71 Å². The van der Waals surface area contributed by atoms with Crippen molar-refractivity contribution in [1.29, 1.82) is 0 Å². The Morgan fingerprint density at radius 2 is 1.23 bits per heavy atom. The van der Waals surface area contributed by atoms with Gasteiger partial charge in [0, 0.05) is 12.4 Å². The first-order valence-corrected chi connectivity index (χ1v) is 16.7. The van der Waals surface area contributed by atoms with Crippen LogP contribution >= 0.6 is 0 Å². The van der Waals surface area contributed by atoms with Gasteiger partial charge in [-0.3, -0.25) is 0 Å². The predicted octanol–water partition coefficient (Wildman–Crippen LogP) is 5.94. The van der Waals surface area contributed by atoms with Crippen LogP contribution in [0.5, 0.6) is 5.75 Å². The molecule has 1 heterocycles. The summed E-state index contributed by atoms with van der Waals surface area (Å²) < 4.78 is 8.07. The first-order chi connectivity index (χ1) is 21.7. The zero-order valence-electron chi connectivity index (χ0n) is 25.4. The molecule has 5 aromatic carbocycles. The lowest BCUT2D eigenvalue weighted by molar-refractivity contribution is 0.317. The van der Waals surface area contributed by atoms with E-state index in [0.29, 0.717) is 6.71 Å². The van der Waals surface area contributed by atoms with Crippen LogP contribution in [0.4, 0.5) is 0 Å². The molecule has 0 amide bonds. The highest BCUT2D eigenvalue weighted by Gasteiger charge is 2.36. The van der Waals surface area contributed by atoms with Crippen LogP contribution in [0.2, 0.25) is 0 Å². The molecule has 3 nitrogen and oxygen atoms in total. The molecule has 0 atom stereocenters. The van der Waals surface area contributed by atoms with Crippen LogP contribution in [0, 0.1) is 0 Å². The number of hydrogen-bond acceptors (Lipinski definition) is 2. The van der Waals surface area contributed by atoms with E-state index in [0.717, 1.165) is 18.8 Å². The van der Waals surface area contributed by atoms with E-state index in [9.17, 15) is 0 Å². The van der Waals surface area contributed by atoms with E-state index in [4.69, 9.17) is 4.74 Å². The summed E-state index contributed by atoms with van der Waals surface area (Å²) in [5, 5.41) is 1.14. The summed E-state index contributed by atoms with van der Waals surface area (Å²) in [7, 11) is -0.838. The fraction of sp³-hybridized carbons (Fsp3) is 0.103. The molecule has 0 saturated carbocycles. The summed E-state index contributed by atoms with van der Waals surface area (Å²) in [6.45, 7) is 7.09. The van der Waals surface area contributed by atoms with Crippen molar-refractivity contribution in [3.05, 3.63) is 188 Å². The van der Waals surface area contributed by atoms with Gasteiger partial charge in [0.05, 0.1) is 27.6 Å². The van der Waals surface area contributed by atoms with Crippen molar-refractivity contribution in [3.63, 3.8) is 0 Å². The average molecular weight is 591 g/mol. The molecule has 5 heteroatoms. The molecular formula is C39H39BN2OSi. The average Bonchev–Trinajstić information content (AvgIpc) is 3.65. The maximum atomic E-state index is 5.78. The summed E-state index contributed by atoms with van der Waals surface area (Å²) >= 11 is 0. The monoisotopic (exact) mass is 590 g/mol. The van der Waals surface area contributed by atoms with Gasteiger partial charge in [-0.05, 0) is 29.7 Å². The Morgan fingerprint density at radius 3 is 1.66 bits per heavy atom. The molecule has 0 saturated heterocycles. The normalized spacial score (nSPS) is 11.0. The van der Waals surface area contributed by atoms with Crippen molar-refractivity contribution in [1.82, 2.24) is 9.55 Å². The van der Waals surface area contributed by atoms with Crippen LogP contribution in [0.1, 0.15) is 24.5 Å². The molecule has 6 rings (SSSR count). The SMILES string of the molecule is C=CB(c1ccccc1)c1ccccc1.CCCOc1ccc([SiH2]C(c2ccccc2)(c2ccccc2)n2ccnc2)cc1. The molecule has 0 aliphatic carbocycles. The molecule has 0 bridgehead atoms. The van der Waals surface area contributed by atoms with Gasteiger partial charge in [-0.1, -0.05) is 156 Å². The summed E-state index contributed by atoms with van der Waals surface area (Å²) in [6, 6.07) is 51.1. The van der Waals surface area contributed by atoms with Crippen LogP contribution in [-0.2, 0) is 5.16 Å². The third-order valence-corrected chi connectivity index (χ3v) is 10.4. The van der Waals surface area contributed by atoms with Crippen LogP contribution in [-0.4, -0.2) is 32.4 Å². The Balaban J connectivity index is 0.000000215. The van der Waals surface area contributed by atoms with E-state index in [-0.39, 0.29) is 5.16 Å². The molecule has 0 unspecified atom stereocenters. The van der Waals surface area contributed by atoms with Gasteiger partial charge in [0.15, 0.2) is 0 Å². The minimum Gasteiger partial charge on any atom is -0.494 e. The zero-order chi connectivity index (χ0) is 30.5. The number of hydrogen-bond donors (Lipinski definition) is 0. The second-order valence-electron chi connectivity index (χ2n) is 10.8. The smallest absolute Gasteiger partial charge is 0.233 e. The Hall–Kier alpha value is -4.87. The Bertz CT molecular complexity index is 1580. The fourth-order valence-corrected chi connectivity index (χ4v) is 7.99.